The zero-order chi connectivity index (χ0) is 17.3. The fourth-order valence-electron chi connectivity index (χ4n) is 3.20. The highest BCUT2D eigenvalue weighted by Crippen LogP contribution is 2.31. The van der Waals surface area contributed by atoms with Gasteiger partial charge in [-0.05, 0) is 36.6 Å². The zero-order valence-corrected chi connectivity index (χ0v) is 12.8. The first-order chi connectivity index (χ1) is 11.5. The highest BCUT2D eigenvalue weighted by atomic mass is 19.2. The van der Waals surface area contributed by atoms with Crippen molar-refractivity contribution in [2.24, 2.45) is 0 Å². The third kappa shape index (κ3) is 3.28. The maximum atomic E-state index is 13.8. The zero-order valence-electron chi connectivity index (χ0n) is 12.8. The van der Waals surface area contributed by atoms with E-state index in [-0.39, 0.29) is 23.6 Å². The predicted molar refractivity (Wildman–Crippen MR) is 82.4 cm³/mol. The van der Waals surface area contributed by atoms with E-state index in [1.165, 1.54) is 0 Å². The van der Waals surface area contributed by atoms with Gasteiger partial charge in [0.25, 0.3) is 0 Å². The van der Waals surface area contributed by atoms with Gasteiger partial charge in [-0.15, -0.1) is 0 Å². The molecule has 2 aromatic rings. The summed E-state index contributed by atoms with van der Waals surface area (Å²) >= 11 is 0. The maximum absolute atomic E-state index is 13.8. The Morgan fingerprint density at radius 3 is 2.58 bits per heavy atom. The molecule has 6 heteroatoms. The molecule has 1 fully saturated rings. The fraction of sp³-hybridized carbons (Fsp3) is 0.278. The van der Waals surface area contributed by atoms with Crippen molar-refractivity contribution in [2.75, 3.05) is 13.1 Å². The summed E-state index contributed by atoms with van der Waals surface area (Å²) in [6.45, 7) is 1.34. The summed E-state index contributed by atoms with van der Waals surface area (Å²) in [7, 11) is 0. The molecule has 1 unspecified atom stereocenters. The number of halogens is 3. The standard InChI is InChI=1S/C18H16F3NO2/c19-15-8-17(21)16(20)7-12(15)10-22-6-5-11(9-22)13-3-1-2-4-14(13)18(23)24/h1-4,7-8,11H,5-6,9-10H2,(H,23,24). The quantitative estimate of drug-likeness (QED) is 0.864. The van der Waals surface area contributed by atoms with Crippen LogP contribution in [0.5, 0.6) is 0 Å². The molecule has 126 valence electrons. The van der Waals surface area contributed by atoms with Gasteiger partial charge in [-0.1, -0.05) is 18.2 Å². The van der Waals surface area contributed by atoms with Gasteiger partial charge in [0.2, 0.25) is 0 Å². The van der Waals surface area contributed by atoms with Crippen LogP contribution in [0, 0.1) is 17.5 Å². The van der Waals surface area contributed by atoms with E-state index in [9.17, 15) is 23.1 Å². The number of carbonyl (C=O) groups is 1. The topological polar surface area (TPSA) is 40.5 Å². The van der Waals surface area contributed by atoms with Gasteiger partial charge in [0.15, 0.2) is 11.6 Å². The average molecular weight is 335 g/mol. The molecule has 1 N–H and O–H groups in total. The summed E-state index contributed by atoms with van der Waals surface area (Å²) in [6.07, 6.45) is 0.732. The first-order valence-corrected chi connectivity index (χ1v) is 7.63. The van der Waals surface area contributed by atoms with Crippen molar-refractivity contribution in [3.63, 3.8) is 0 Å². The largest absolute Gasteiger partial charge is 0.478 e. The Hall–Kier alpha value is -2.34. The van der Waals surface area contributed by atoms with E-state index < -0.39 is 23.4 Å². The van der Waals surface area contributed by atoms with Gasteiger partial charge in [0.1, 0.15) is 5.82 Å². The molecule has 0 aliphatic carbocycles. The summed E-state index contributed by atoms with van der Waals surface area (Å²) < 4.78 is 40.0. The number of likely N-dealkylation sites (tertiary alicyclic amines) is 1. The normalized spacial score (nSPS) is 18.0. The lowest BCUT2D eigenvalue weighted by atomic mass is 9.93. The molecule has 1 saturated heterocycles. The van der Waals surface area contributed by atoms with E-state index in [1.807, 2.05) is 4.90 Å². The second kappa shape index (κ2) is 6.65. The molecule has 3 rings (SSSR count). The van der Waals surface area contributed by atoms with Crippen LogP contribution in [0.1, 0.15) is 33.8 Å². The van der Waals surface area contributed by atoms with Gasteiger partial charge < -0.3 is 5.11 Å². The predicted octanol–water partition coefficient (Wildman–Crippen LogP) is 3.79. The molecule has 1 aliphatic heterocycles. The van der Waals surface area contributed by atoms with Crippen molar-refractivity contribution < 1.29 is 23.1 Å². The third-order valence-electron chi connectivity index (χ3n) is 4.39. The summed E-state index contributed by atoms with van der Waals surface area (Å²) in [4.78, 5) is 13.2. The maximum Gasteiger partial charge on any atom is 0.335 e. The van der Waals surface area contributed by atoms with E-state index in [0.29, 0.717) is 19.2 Å². The lowest BCUT2D eigenvalue weighted by Gasteiger charge is -2.17. The van der Waals surface area contributed by atoms with Crippen LogP contribution < -0.4 is 0 Å². The summed E-state index contributed by atoms with van der Waals surface area (Å²) in [5.74, 6) is -4.01. The SMILES string of the molecule is O=C(O)c1ccccc1C1CCN(Cc2cc(F)c(F)cc2F)C1. The number of aromatic carboxylic acids is 1. The second-order valence-corrected chi connectivity index (χ2v) is 5.97. The number of rotatable bonds is 4. The van der Waals surface area contributed by atoms with Crippen molar-refractivity contribution >= 4 is 5.97 Å². The van der Waals surface area contributed by atoms with Crippen molar-refractivity contribution in [3.05, 3.63) is 70.5 Å². The minimum atomic E-state index is -1.20. The highest BCUT2D eigenvalue weighted by molar-refractivity contribution is 5.89. The molecule has 3 nitrogen and oxygen atoms in total. The van der Waals surface area contributed by atoms with Crippen LogP contribution in [0.4, 0.5) is 13.2 Å². The summed E-state index contributed by atoms with van der Waals surface area (Å²) in [5.41, 5.74) is 1.11. The number of carboxylic acids is 1. The molecule has 0 bridgehead atoms. The third-order valence-corrected chi connectivity index (χ3v) is 4.39. The Morgan fingerprint density at radius 1 is 1.12 bits per heavy atom. The Morgan fingerprint density at radius 2 is 1.83 bits per heavy atom. The van der Waals surface area contributed by atoms with E-state index in [2.05, 4.69) is 0 Å². The molecular formula is C18H16F3NO2. The van der Waals surface area contributed by atoms with E-state index in [4.69, 9.17) is 0 Å². The molecule has 0 radical (unpaired) electrons. The number of benzene rings is 2. The molecule has 0 spiro atoms. The number of hydrogen-bond donors (Lipinski definition) is 1. The van der Waals surface area contributed by atoms with E-state index >= 15 is 0 Å². The average Bonchev–Trinajstić information content (AvgIpc) is 3.01. The smallest absolute Gasteiger partial charge is 0.335 e. The molecule has 2 aromatic carbocycles. The molecule has 0 amide bonds. The Balaban J connectivity index is 1.75. The molecule has 1 atom stereocenters. The first-order valence-electron chi connectivity index (χ1n) is 7.63. The Bertz CT molecular complexity index is 779. The van der Waals surface area contributed by atoms with E-state index in [1.54, 1.807) is 24.3 Å². The number of carboxylic acid groups (broad SMARTS) is 1. The highest BCUT2D eigenvalue weighted by Gasteiger charge is 2.27. The van der Waals surface area contributed by atoms with E-state index in [0.717, 1.165) is 18.1 Å². The Labute approximate surface area is 137 Å². The molecule has 1 heterocycles. The van der Waals surface area contributed by atoms with Crippen LogP contribution in [0.3, 0.4) is 0 Å². The summed E-state index contributed by atoms with van der Waals surface area (Å²) in [5, 5.41) is 9.28. The number of nitrogens with zero attached hydrogens (tertiary/aromatic N) is 1. The molecule has 0 aromatic heterocycles. The van der Waals surface area contributed by atoms with Crippen LogP contribution >= 0.6 is 0 Å². The van der Waals surface area contributed by atoms with Crippen LogP contribution in [0.2, 0.25) is 0 Å². The molecular weight excluding hydrogens is 319 g/mol. The lowest BCUT2D eigenvalue weighted by Crippen LogP contribution is -2.21. The first kappa shape index (κ1) is 16.5. The molecule has 0 saturated carbocycles. The monoisotopic (exact) mass is 335 g/mol. The molecule has 1 aliphatic rings. The minimum Gasteiger partial charge on any atom is -0.478 e. The Kier molecular flexibility index (Phi) is 4.57. The van der Waals surface area contributed by atoms with Crippen molar-refractivity contribution in [3.8, 4) is 0 Å². The van der Waals surface area contributed by atoms with Gasteiger partial charge in [0.05, 0.1) is 5.56 Å². The van der Waals surface area contributed by atoms with Gasteiger partial charge in [-0.2, -0.15) is 0 Å². The van der Waals surface area contributed by atoms with Crippen LogP contribution in [-0.4, -0.2) is 29.1 Å². The fourth-order valence-corrected chi connectivity index (χ4v) is 3.20. The van der Waals surface area contributed by atoms with Gasteiger partial charge in [0, 0.05) is 24.7 Å². The minimum absolute atomic E-state index is 0.0191. The lowest BCUT2D eigenvalue weighted by molar-refractivity contribution is 0.0695. The van der Waals surface area contributed by atoms with Crippen LogP contribution in [0.25, 0.3) is 0 Å². The van der Waals surface area contributed by atoms with Crippen molar-refractivity contribution in [2.45, 2.75) is 18.9 Å². The second-order valence-electron chi connectivity index (χ2n) is 5.97. The van der Waals surface area contributed by atoms with Crippen molar-refractivity contribution in [1.29, 1.82) is 0 Å². The van der Waals surface area contributed by atoms with Gasteiger partial charge in [-0.25, -0.2) is 18.0 Å². The number of hydrogen-bond acceptors (Lipinski definition) is 2. The summed E-state index contributed by atoms with van der Waals surface area (Å²) in [6, 6.07) is 8.25. The van der Waals surface area contributed by atoms with Crippen molar-refractivity contribution in [1.82, 2.24) is 4.90 Å². The van der Waals surface area contributed by atoms with Gasteiger partial charge in [-0.3, -0.25) is 4.90 Å². The molecule has 24 heavy (non-hydrogen) atoms. The van der Waals surface area contributed by atoms with Crippen LogP contribution in [0.15, 0.2) is 36.4 Å². The van der Waals surface area contributed by atoms with Crippen LogP contribution in [-0.2, 0) is 6.54 Å². The van der Waals surface area contributed by atoms with Gasteiger partial charge >= 0.3 is 5.97 Å².